The first-order chi connectivity index (χ1) is 15.3. The summed E-state index contributed by atoms with van der Waals surface area (Å²) in [6, 6.07) is 13.5. The number of aliphatic hydroxyl groups excluding tert-OH is 4. The summed E-state index contributed by atoms with van der Waals surface area (Å²) in [5, 5.41) is 51.9. The molecular formula is C24H29NO7. The summed E-state index contributed by atoms with van der Waals surface area (Å²) in [7, 11) is 0. The first-order valence-corrected chi connectivity index (χ1v) is 10.7. The number of aromatic nitrogens is 1. The molecule has 32 heavy (non-hydrogen) atoms. The fraction of sp³-hybridized carbons (Fsp3) is 0.417. The highest BCUT2D eigenvalue weighted by molar-refractivity contribution is 5.91. The third-order valence-corrected chi connectivity index (χ3v) is 6.15. The molecule has 8 nitrogen and oxygen atoms in total. The van der Waals surface area contributed by atoms with Crippen molar-refractivity contribution in [2.75, 3.05) is 6.61 Å². The van der Waals surface area contributed by atoms with Gasteiger partial charge in [-0.1, -0.05) is 37.3 Å². The third kappa shape index (κ3) is 3.90. The molecule has 2 heterocycles. The summed E-state index contributed by atoms with van der Waals surface area (Å²) in [5.74, 6) is -2.42. The van der Waals surface area contributed by atoms with Crippen LogP contribution in [0.5, 0.6) is 5.75 Å². The van der Waals surface area contributed by atoms with Crippen LogP contribution in [0, 0.1) is 6.92 Å². The van der Waals surface area contributed by atoms with E-state index in [9.17, 15) is 25.5 Å². The van der Waals surface area contributed by atoms with Crippen molar-refractivity contribution in [3.05, 3.63) is 64.8 Å². The van der Waals surface area contributed by atoms with Gasteiger partial charge < -0.3 is 40.0 Å². The van der Waals surface area contributed by atoms with Gasteiger partial charge in [-0.05, 0) is 48.6 Å². The zero-order chi connectivity index (χ0) is 23.0. The molecule has 1 aliphatic rings. The Balaban J connectivity index is 1.72. The Bertz CT molecular complexity index is 1080. The van der Waals surface area contributed by atoms with E-state index < -0.39 is 37.0 Å². The highest BCUT2D eigenvalue weighted by Crippen LogP contribution is 2.38. The summed E-state index contributed by atoms with van der Waals surface area (Å²) in [6.07, 6.45) is -5.25. The van der Waals surface area contributed by atoms with Crippen LogP contribution >= 0.6 is 0 Å². The molecule has 0 spiro atoms. The maximum Gasteiger partial charge on any atom is 0.288 e. The average molecular weight is 443 g/mol. The quantitative estimate of drug-likeness (QED) is 0.314. The van der Waals surface area contributed by atoms with Gasteiger partial charge in [0.1, 0.15) is 18.0 Å². The van der Waals surface area contributed by atoms with Crippen LogP contribution in [0.2, 0.25) is 0 Å². The van der Waals surface area contributed by atoms with Crippen molar-refractivity contribution in [3.63, 3.8) is 0 Å². The number of nitrogens with one attached hydrogen (secondary N) is 1. The molecule has 0 saturated carbocycles. The van der Waals surface area contributed by atoms with Gasteiger partial charge in [0.05, 0.1) is 6.61 Å². The van der Waals surface area contributed by atoms with Crippen molar-refractivity contribution in [2.24, 2.45) is 0 Å². The van der Waals surface area contributed by atoms with Gasteiger partial charge in [-0.3, -0.25) is 0 Å². The minimum absolute atomic E-state index is 0.214. The lowest BCUT2D eigenvalue weighted by Crippen LogP contribution is -2.69. The van der Waals surface area contributed by atoms with Gasteiger partial charge in [-0.2, -0.15) is 0 Å². The summed E-state index contributed by atoms with van der Waals surface area (Å²) in [6.45, 7) is 3.40. The Morgan fingerprint density at radius 2 is 1.75 bits per heavy atom. The van der Waals surface area contributed by atoms with Crippen molar-refractivity contribution in [1.82, 2.24) is 4.98 Å². The van der Waals surface area contributed by atoms with Crippen LogP contribution in [0.25, 0.3) is 10.9 Å². The van der Waals surface area contributed by atoms with Crippen LogP contribution < -0.4 is 4.74 Å². The predicted molar refractivity (Wildman–Crippen MR) is 117 cm³/mol. The van der Waals surface area contributed by atoms with E-state index >= 15 is 0 Å². The van der Waals surface area contributed by atoms with Gasteiger partial charge in [0.2, 0.25) is 6.29 Å². The van der Waals surface area contributed by atoms with Crippen LogP contribution in [0.4, 0.5) is 0 Å². The Morgan fingerprint density at radius 3 is 2.41 bits per heavy atom. The van der Waals surface area contributed by atoms with Gasteiger partial charge >= 0.3 is 0 Å². The number of rotatable bonds is 6. The third-order valence-electron chi connectivity index (χ3n) is 6.15. The minimum atomic E-state index is -2.63. The first-order valence-electron chi connectivity index (χ1n) is 10.7. The van der Waals surface area contributed by atoms with Crippen LogP contribution in [0.1, 0.15) is 29.3 Å². The number of ether oxygens (including phenoxy) is 2. The van der Waals surface area contributed by atoms with Gasteiger partial charge in [-0.15, -0.1) is 0 Å². The molecule has 0 bridgehead atoms. The van der Waals surface area contributed by atoms with Crippen molar-refractivity contribution < 1.29 is 35.0 Å². The van der Waals surface area contributed by atoms with Gasteiger partial charge in [-0.25, -0.2) is 0 Å². The second-order valence-corrected chi connectivity index (χ2v) is 8.25. The molecule has 8 heteroatoms. The second-order valence-electron chi connectivity index (χ2n) is 8.25. The molecule has 3 aromatic rings. The van der Waals surface area contributed by atoms with Crippen molar-refractivity contribution in [3.8, 4) is 5.75 Å². The van der Waals surface area contributed by atoms with Crippen LogP contribution in [-0.4, -0.2) is 67.5 Å². The molecule has 1 unspecified atom stereocenters. The minimum Gasteiger partial charge on any atom is -0.454 e. The molecular weight excluding hydrogens is 414 g/mol. The maximum atomic E-state index is 11.0. The van der Waals surface area contributed by atoms with E-state index in [2.05, 4.69) is 36.2 Å². The molecule has 1 aliphatic heterocycles. The largest absolute Gasteiger partial charge is 0.454 e. The number of H-pyrrole nitrogens is 1. The zero-order valence-electron chi connectivity index (χ0n) is 18.0. The van der Waals surface area contributed by atoms with Crippen molar-refractivity contribution >= 4 is 10.9 Å². The summed E-state index contributed by atoms with van der Waals surface area (Å²) >= 11 is 0. The molecule has 4 rings (SSSR count). The lowest BCUT2D eigenvalue weighted by Gasteiger charge is -2.45. The molecule has 0 radical (unpaired) electrons. The molecule has 6 N–H and O–H groups in total. The topological polar surface area (TPSA) is 135 Å². The van der Waals surface area contributed by atoms with Crippen molar-refractivity contribution in [2.45, 2.75) is 57.1 Å². The highest BCUT2D eigenvalue weighted by Gasteiger charge is 2.57. The Labute approximate surface area is 185 Å². The van der Waals surface area contributed by atoms with Gasteiger partial charge in [0.25, 0.3) is 5.79 Å². The van der Waals surface area contributed by atoms with E-state index in [0.29, 0.717) is 11.8 Å². The monoisotopic (exact) mass is 443 g/mol. The molecule has 1 aromatic heterocycles. The predicted octanol–water partition coefficient (Wildman–Crippen LogP) is 1.13. The molecule has 2 aromatic carbocycles. The molecule has 5 atom stereocenters. The van der Waals surface area contributed by atoms with E-state index in [1.807, 2.05) is 13.0 Å². The Kier molecular flexibility index (Phi) is 6.26. The van der Waals surface area contributed by atoms with E-state index in [4.69, 9.17) is 9.47 Å². The summed E-state index contributed by atoms with van der Waals surface area (Å²) in [5.41, 5.74) is 4.97. The van der Waals surface area contributed by atoms with E-state index in [1.165, 1.54) is 5.56 Å². The number of aliphatic hydroxyl groups is 5. The Hall–Kier alpha value is -2.46. The Morgan fingerprint density at radius 1 is 1.06 bits per heavy atom. The smallest absolute Gasteiger partial charge is 0.288 e. The van der Waals surface area contributed by atoms with Gasteiger partial charge in [0, 0.05) is 16.6 Å². The highest BCUT2D eigenvalue weighted by atomic mass is 16.7. The van der Waals surface area contributed by atoms with Crippen LogP contribution in [0.3, 0.4) is 0 Å². The maximum absolute atomic E-state index is 11.0. The van der Waals surface area contributed by atoms with Crippen LogP contribution in [-0.2, 0) is 17.6 Å². The lowest BCUT2D eigenvalue weighted by atomic mass is 9.95. The normalized spacial score (nSPS) is 28.2. The number of fused-ring (bicyclic) bond motifs is 1. The van der Waals surface area contributed by atoms with Gasteiger partial charge in [0.15, 0.2) is 6.10 Å². The molecule has 172 valence electrons. The fourth-order valence-electron chi connectivity index (χ4n) is 4.19. The number of benzene rings is 2. The van der Waals surface area contributed by atoms with E-state index in [0.717, 1.165) is 28.8 Å². The standard InChI is InChI=1S/C24H29NO7/c1-3-14-7-9-15(10-8-14)11-16-13(2)25-17-5-4-6-18(20(16)17)32-24(30)22(28)21(27)19(12-26)31-23(24)29/h4-10,19,21-23,25-30H,3,11-12H2,1-2H3/t19-,21-,22+,23?,24+/m1/s1. The summed E-state index contributed by atoms with van der Waals surface area (Å²) < 4.78 is 10.8. The number of aryl methyl sites for hydroxylation is 2. The molecule has 0 amide bonds. The zero-order valence-corrected chi connectivity index (χ0v) is 18.0. The molecule has 0 aliphatic carbocycles. The van der Waals surface area contributed by atoms with Crippen LogP contribution in [0.15, 0.2) is 42.5 Å². The molecule has 1 saturated heterocycles. The summed E-state index contributed by atoms with van der Waals surface area (Å²) in [4.78, 5) is 3.31. The second kappa shape index (κ2) is 8.82. The SMILES string of the molecule is CCc1ccc(Cc2c(C)[nH]c3cccc(O[C@]4(O)C(O)O[C@H](CO)[C@@H](O)[C@@H]4O)c23)cc1. The number of hydrogen-bond acceptors (Lipinski definition) is 7. The van der Waals surface area contributed by atoms with E-state index in [-0.39, 0.29) is 5.75 Å². The number of aromatic amines is 1. The fourth-order valence-corrected chi connectivity index (χ4v) is 4.19. The lowest BCUT2D eigenvalue weighted by molar-refractivity contribution is -0.385. The first kappa shape index (κ1) is 22.7. The number of hydrogen-bond donors (Lipinski definition) is 6. The van der Waals surface area contributed by atoms with E-state index in [1.54, 1.807) is 12.1 Å². The average Bonchev–Trinajstić information content (AvgIpc) is 3.11. The molecule has 1 fully saturated rings. The van der Waals surface area contributed by atoms with Crippen molar-refractivity contribution in [1.29, 1.82) is 0 Å².